The molecule has 0 aliphatic carbocycles. The van der Waals surface area contributed by atoms with Gasteiger partial charge in [-0.05, 0) is 24.3 Å². The van der Waals surface area contributed by atoms with Crippen LogP contribution in [0.2, 0.25) is 0 Å². The second-order valence-electron chi connectivity index (χ2n) is 3.18. The molecule has 0 saturated carbocycles. The lowest BCUT2D eigenvalue weighted by Gasteiger charge is -1.99. The van der Waals surface area contributed by atoms with Gasteiger partial charge in [-0.15, -0.1) is 3.77 Å². The summed E-state index contributed by atoms with van der Waals surface area (Å²) in [7, 11) is -6.70. The zero-order valence-corrected chi connectivity index (χ0v) is 9.81. The number of benzene rings is 1. The van der Waals surface area contributed by atoms with Crippen molar-refractivity contribution in [2.75, 3.05) is 12.5 Å². The van der Waals surface area contributed by atoms with E-state index in [1.165, 1.54) is 12.5 Å². The Morgan fingerprint density at radius 1 is 1.07 bits per heavy atom. The van der Waals surface area contributed by atoms with E-state index in [1.54, 1.807) is 0 Å². The molecule has 1 aromatic rings. The van der Waals surface area contributed by atoms with Crippen LogP contribution in [-0.2, 0) is 19.8 Å². The fourth-order valence-electron chi connectivity index (χ4n) is 0.886. The highest BCUT2D eigenvalue weighted by atomic mass is 32.3. The zero-order chi connectivity index (χ0) is 11.7. The Labute approximate surface area is 88.4 Å². The minimum Gasteiger partial charge on any atom is -0.249 e. The predicted octanol–water partition coefficient (Wildman–Crippen LogP) is 1.24. The van der Waals surface area contributed by atoms with Crippen molar-refractivity contribution < 1.29 is 17.0 Å². The summed E-state index contributed by atoms with van der Waals surface area (Å²) in [5.74, 6) is -0.539. The maximum Gasteiger partial charge on any atom is 0.290 e. The second kappa shape index (κ2) is 3.90. The normalized spacial score (nSPS) is 12.5. The van der Waals surface area contributed by atoms with Gasteiger partial charge in [0.1, 0.15) is 5.82 Å². The molecule has 0 aromatic heterocycles. The molecule has 0 fully saturated rings. The molecule has 0 spiro atoms. The van der Waals surface area contributed by atoms with Crippen LogP contribution in [0.15, 0.2) is 32.9 Å². The standard InChI is InChI=1S/C8H10FNO3S2/c1-14(2,11)10-15(12,13)8-5-3-7(9)4-6-8/h3-6H,1-2H3. The minimum atomic E-state index is -3.95. The van der Waals surface area contributed by atoms with Gasteiger partial charge in [0.15, 0.2) is 0 Å². The highest BCUT2D eigenvalue weighted by Gasteiger charge is 2.13. The number of halogens is 1. The molecule has 0 unspecified atom stereocenters. The zero-order valence-electron chi connectivity index (χ0n) is 8.18. The van der Waals surface area contributed by atoms with Crippen LogP contribution in [0, 0.1) is 5.82 Å². The summed E-state index contributed by atoms with van der Waals surface area (Å²) in [4.78, 5) is -0.166. The Bertz CT molecular complexity index is 560. The molecule has 0 amide bonds. The Hall–Kier alpha value is -0.950. The lowest BCUT2D eigenvalue weighted by molar-refractivity contribution is 0.596. The molecule has 0 atom stereocenters. The van der Waals surface area contributed by atoms with Gasteiger partial charge in [0.2, 0.25) is 0 Å². The van der Waals surface area contributed by atoms with Gasteiger partial charge in [-0.1, -0.05) is 0 Å². The first-order chi connectivity index (χ1) is 6.71. The smallest absolute Gasteiger partial charge is 0.249 e. The molecule has 0 N–H and O–H groups in total. The molecular formula is C8H10FNO3S2. The van der Waals surface area contributed by atoms with Crippen molar-refractivity contribution in [3.05, 3.63) is 30.1 Å². The molecule has 0 radical (unpaired) electrons. The van der Waals surface area contributed by atoms with E-state index in [1.807, 2.05) is 0 Å². The van der Waals surface area contributed by atoms with E-state index >= 15 is 0 Å². The van der Waals surface area contributed by atoms with E-state index in [0.29, 0.717) is 0 Å². The highest BCUT2D eigenvalue weighted by Crippen LogP contribution is 2.13. The van der Waals surface area contributed by atoms with Gasteiger partial charge in [-0.25, -0.2) is 8.60 Å². The van der Waals surface area contributed by atoms with Crippen LogP contribution in [0.25, 0.3) is 0 Å². The van der Waals surface area contributed by atoms with Crippen molar-refractivity contribution in [2.45, 2.75) is 4.90 Å². The fourth-order valence-corrected chi connectivity index (χ4v) is 3.60. The average molecular weight is 251 g/mol. The maximum atomic E-state index is 12.5. The Morgan fingerprint density at radius 3 is 1.93 bits per heavy atom. The van der Waals surface area contributed by atoms with Crippen molar-refractivity contribution in [3.63, 3.8) is 0 Å². The number of sulfonamides is 1. The maximum absolute atomic E-state index is 12.5. The van der Waals surface area contributed by atoms with Crippen molar-refractivity contribution >= 4 is 19.8 Å². The van der Waals surface area contributed by atoms with Gasteiger partial charge in [-0.3, -0.25) is 0 Å². The summed E-state index contributed by atoms with van der Waals surface area (Å²) >= 11 is 0. The van der Waals surface area contributed by atoms with E-state index in [0.717, 1.165) is 24.3 Å². The topological polar surface area (TPSA) is 63.6 Å². The molecule has 84 valence electrons. The van der Waals surface area contributed by atoms with Gasteiger partial charge in [-0.2, -0.15) is 8.42 Å². The minimum absolute atomic E-state index is 0.166. The average Bonchev–Trinajstić information content (AvgIpc) is 2.00. The van der Waals surface area contributed by atoms with Gasteiger partial charge in [0.05, 0.1) is 14.6 Å². The molecular weight excluding hydrogens is 241 g/mol. The van der Waals surface area contributed by atoms with Crippen molar-refractivity contribution in [3.8, 4) is 0 Å². The van der Waals surface area contributed by atoms with Crippen LogP contribution < -0.4 is 0 Å². The van der Waals surface area contributed by atoms with Crippen LogP contribution >= 0.6 is 0 Å². The van der Waals surface area contributed by atoms with Gasteiger partial charge >= 0.3 is 0 Å². The van der Waals surface area contributed by atoms with Crippen LogP contribution in [0.3, 0.4) is 0 Å². The molecule has 1 rings (SSSR count). The summed E-state index contributed by atoms with van der Waals surface area (Å²) in [6, 6.07) is 4.18. The quantitative estimate of drug-likeness (QED) is 0.794. The highest BCUT2D eigenvalue weighted by molar-refractivity contribution is 8.02. The van der Waals surface area contributed by atoms with Crippen molar-refractivity contribution in [1.82, 2.24) is 0 Å². The number of hydrogen-bond acceptors (Lipinski definition) is 3. The fraction of sp³-hybridized carbons (Fsp3) is 0.250. The van der Waals surface area contributed by atoms with E-state index in [4.69, 9.17) is 0 Å². The first-order valence-electron chi connectivity index (χ1n) is 3.90. The first kappa shape index (κ1) is 12.1. The number of rotatable bonds is 2. The molecule has 15 heavy (non-hydrogen) atoms. The van der Waals surface area contributed by atoms with Gasteiger partial charge in [0, 0.05) is 12.5 Å². The lowest BCUT2D eigenvalue weighted by Crippen LogP contribution is -2.02. The summed E-state index contributed by atoms with van der Waals surface area (Å²) in [6.07, 6.45) is 2.43. The largest absolute Gasteiger partial charge is 0.290 e. The molecule has 0 saturated heterocycles. The molecule has 0 heterocycles. The number of hydrogen-bond donors (Lipinski definition) is 0. The Kier molecular flexibility index (Phi) is 3.15. The van der Waals surface area contributed by atoms with Gasteiger partial charge < -0.3 is 0 Å². The van der Waals surface area contributed by atoms with Crippen LogP contribution in [0.4, 0.5) is 4.39 Å². The Balaban J connectivity index is 3.31. The first-order valence-corrected chi connectivity index (χ1v) is 7.67. The summed E-state index contributed by atoms with van der Waals surface area (Å²) in [5.41, 5.74) is 0. The summed E-state index contributed by atoms with van der Waals surface area (Å²) in [5, 5.41) is 0. The van der Waals surface area contributed by atoms with Crippen molar-refractivity contribution in [1.29, 1.82) is 0 Å². The van der Waals surface area contributed by atoms with Crippen LogP contribution in [0.1, 0.15) is 0 Å². The molecule has 7 heteroatoms. The van der Waals surface area contributed by atoms with E-state index in [2.05, 4.69) is 3.77 Å². The third-order valence-electron chi connectivity index (χ3n) is 1.39. The predicted molar refractivity (Wildman–Crippen MR) is 56.0 cm³/mol. The molecule has 4 nitrogen and oxygen atoms in total. The molecule has 0 aliphatic heterocycles. The van der Waals surface area contributed by atoms with Crippen molar-refractivity contribution in [2.24, 2.45) is 3.77 Å². The second-order valence-corrected chi connectivity index (χ2v) is 7.57. The van der Waals surface area contributed by atoms with Gasteiger partial charge in [0.25, 0.3) is 10.0 Å². The summed E-state index contributed by atoms with van der Waals surface area (Å²) < 4.78 is 50.0. The third kappa shape index (κ3) is 3.60. The van der Waals surface area contributed by atoms with Crippen LogP contribution in [-0.4, -0.2) is 25.1 Å². The molecule has 1 aromatic carbocycles. The third-order valence-corrected chi connectivity index (χ3v) is 4.48. The van der Waals surface area contributed by atoms with E-state index in [9.17, 15) is 17.0 Å². The summed E-state index contributed by atoms with van der Waals surface area (Å²) in [6.45, 7) is 0. The van der Waals surface area contributed by atoms with Crippen LogP contribution in [0.5, 0.6) is 0 Å². The lowest BCUT2D eigenvalue weighted by atomic mass is 10.4. The Morgan fingerprint density at radius 2 is 1.53 bits per heavy atom. The molecule has 0 aliphatic rings. The van der Waals surface area contributed by atoms with E-state index < -0.39 is 25.6 Å². The number of nitrogens with zero attached hydrogens (tertiary/aromatic N) is 1. The van der Waals surface area contributed by atoms with E-state index in [-0.39, 0.29) is 4.90 Å². The SMILES string of the molecule is CS(C)(=O)=NS(=O)(=O)c1ccc(F)cc1. The molecule has 0 bridgehead atoms. The monoisotopic (exact) mass is 251 g/mol.